The highest BCUT2D eigenvalue weighted by Gasteiger charge is 2.37. The van der Waals surface area contributed by atoms with Crippen molar-refractivity contribution < 1.29 is 9.63 Å². The highest BCUT2D eigenvalue weighted by molar-refractivity contribution is 5.84. The molecule has 0 fully saturated rings. The van der Waals surface area contributed by atoms with Crippen molar-refractivity contribution in [3.63, 3.8) is 0 Å². The molecule has 4 nitrogen and oxygen atoms in total. The normalized spacial score (nSPS) is 15.1. The van der Waals surface area contributed by atoms with Gasteiger partial charge in [-0.05, 0) is 39.3 Å². The summed E-state index contributed by atoms with van der Waals surface area (Å²) in [7, 11) is 5.18. The molecule has 0 aromatic carbocycles. The molecule has 0 saturated heterocycles. The quantitative estimate of drug-likeness (QED) is 0.643. The molecule has 102 valence electrons. The number of amides is 1. The largest absolute Gasteiger partial charge is 0.293 e. The number of rotatable bonds is 7. The van der Waals surface area contributed by atoms with Crippen molar-refractivity contribution >= 4 is 5.91 Å². The first-order chi connectivity index (χ1) is 7.79. The van der Waals surface area contributed by atoms with E-state index >= 15 is 0 Å². The molecule has 0 aliphatic heterocycles. The third-order valence-corrected chi connectivity index (χ3v) is 3.59. The Balaban J connectivity index is 4.69. The molecule has 1 unspecified atom stereocenters. The molecule has 4 heteroatoms. The number of likely N-dealkylation sites (N-methyl/N-ethyl adjacent to an activating group) is 2. The molecule has 0 rings (SSSR count). The average molecular weight is 244 g/mol. The first-order valence-corrected chi connectivity index (χ1v) is 6.33. The van der Waals surface area contributed by atoms with Crippen LogP contribution < -0.4 is 0 Å². The van der Waals surface area contributed by atoms with Crippen LogP contribution in [0, 0.1) is 5.92 Å². The van der Waals surface area contributed by atoms with Gasteiger partial charge in [0.25, 0.3) is 5.91 Å². The topological polar surface area (TPSA) is 32.8 Å². The van der Waals surface area contributed by atoms with E-state index in [4.69, 9.17) is 4.84 Å². The first kappa shape index (κ1) is 16.4. The van der Waals surface area contributed by atoms with Crippen LogP contribution in [0.4, 0.5) is 0 Å². The number of carbonyl (C=O) groups is 1. The highest BCUT2D eigenvalue weighted by Crippen LogP contribution is 2.21. The molecule has 0 bridgehead atoms. The van der Waals surface area contributed by atoms with Gasteiger partial charge in [0.1, 0.15) is 0 Å². The minimum atomic E-state index is -0.486. The zero-order valence-corrected chi connectivity index (χ0v) is 12.4. The number of hydroxylamine groups is 2. The van der Waals surface area contributed by atoms with Crippen LogP contribution in [0.1, 0.15) is 40.5 Å². The standard InChI is InChI=1S/C13H28N2O2/c1-8-13(4,12(16)15(6)17-7)14(5)10-9-11(2)3/h11H,8-10H2,1-7H3. The van der Waals surface area contributed by atoms with Gasteiger partial charge in [0.15, 0.2) is 0 Å². The molecule has 1 atom stereocenters. The molecular formula is C13H28N2O2. The maximum atomic E-state index is 12.3. The van der Waals surface area contributed by atoms with Crippen molar-refractivity contribution in [1.29, 1.82) is 0 Å². The fourth-order valence-electron chi connectivity index (χ4n) is 1.71. The summed E-state index contributed by atoms with van der Waals surface area (Å²) in [6.45, 7) is 9.32. The van der Waals surface area contributed by atoms with Crippen LogP contribution in [0.5, 0.6) is 0 Å². The van der Waals surface area contributed by atoms with E-state index in [1.165, 1.54) is 12.2 Å². The molecule has 0 radical (unpaired) electrons. The Labute approximate surface area is 106 Å². The van der Waals surface area contributed by atoms with Gasteiger partial charge in [0.2, 0.25) is 0 Å². The zero-order valence-electron chi connectivity index (χ0n) is 12.4. The summed E-state index contributed by atoms with van der Waals surface area (Å²) in [5.74, 6) is 0.655. The maximum Gasteiger partial charge on any atom is 0.266 e. The third-order valence-electron chi connectivity index (χ3n) is 3.59. The molecular weight excluding hydrogens is 216 g/mol. The van der Waals surface area contributed by atoms with Gasteiger partial charge in [0.05, 0.1) is 12.6 Å². The predicted octanol–water partition coefficient (Wildman–Crippen LogP) is 2.15. The minimum Gasteiger partial charge on any atom is -0.293 e. The first-order valence-electron chi connectivity index (χ1n) is 6.33. The fraction of sp³-hybridized carbons (Fsp3) is 0.923. The summed E-state index contributed by atoms with van der Waals surface area (Å²) in [4.78, 5) is 19.4. The van der Waals surface area contributed by atoms with Crippen LogP contribution in [0.2, 0.25) is 0 Å². The lowest BCUT2D eigenvalue weighted by Gasteiger charge is -2.38. The Bertz CT molecular complexity index is 244. The fourth-order valence-corrected chi connectivity index (χ4v) is 1.71. The number of carbonyl (C=O) groups excluding carboxylic acids is 1. The van der Waals surface area contributed by atoms with E-state index < -0.39 is 5.54 Å². The molecule has 0 aliphatic carbocycles. The Morgan fingerprint density at radius 3 is 2.24 bits per heavy atom. The second-order valence-corrected chi connectivity index (χ2v) is 5.22. The molecule has 0 heterocycles. The lowest BCUT2D eigenvalue weighted by atomic mass is 9.94. The van der Waals surface area contributed by atoms with E-state index in [0.29, 0.717) is 5.92 Å². The van der Waals surface area contributed by atoms with Crippen molar-refractivity contribution in [3.05, 3.63) is 0 Å². The molecule has 0 N–H and O–H groups in total. The number of hydrogen-bond acceptors (Lipinski definition) is 3. The summed E-state index contributed by atoms with van der Waals surface area (Å²) in [5, 5.41) is 1.31. The van der Waals surface area contributed by atoms with Crippen molar-refractivity contribution in [3.8, 4) is 0 Å². The summed E-state index contributed by atoms with van der Waals surface area (Å²) in [5.41, 5.74) is -0.486. The summed E-state index contributed by atoms with van der Waals surface area (Å²) in [6.07, 6.45) is 1.87. The lowest BCUT2D eigenvalue weighted by Crippen LogP contribution is -2.55. The smallest absolute Gasteiger partial charge is 0.266 e. The van der Waals surface area contributed by atoms with Crippen molar-refractivity contribution in [2.75, 3.05) is 27.7 Å². The van der Waals surface area contributed by atoms with Gasteiger partial charge in [0, 0.05) is 7.05 Å². The van der Waals surface area contributed by atoms with E-state index in [1.807, 2.05) is 20.9 Å². The van der Waals surface area contributed by atoms with Gasteiger partial charge in [-0.3, -0.25) is 14.5 Å². The van der Waals surface area contributed by atoms with Crippen LogP contribution >= 0.6 is 0 Å². The Hall–Kier alpha value is -0.610. The van der Waals surface area contributed by atoms with Crippen LogP contribution in [0.15, 0.2) is 0 Å². The summed E-state index contributed by atoms with van der Waals surface area (Å²) < 4.78 is 0. The molecule has 0 saturated carbocycles. The van der Waals surface area contributed by atoms with Crippen molar-refractivity contribution in [1.82, 2.24) is 9.96 Å². The van der Waals surface area contributed by atoms with Gasteiger partial charge in [-0.25, -0.2) is 5.06 Å². The van der Waals surface area contributed by atoms with Gasteiger partial charge in [-0.2, -0.15) is 0 Å². The average Bonchev–Trinajstić information content (AvgIpc) is 2.32. The lowest BCUT2D eigenvalue weighted by molar-refractivity contribution is -0.181. The summed E-state index contributed by atoms with van der Waals surface area (Å²) >= 11 is 0. The van der Waals surface area contributed by atoms with Crippen molar-refractivity contribution in [2.24, 2.45) is 5.92 Å². The Morgan fingerprint density at radius 1 is 1.35 bits per heavy atom. The monoisotopic (exact) mass is 244 g/mol. The molecule has 17 heavy (non-hydrogen) atoms. The van der Waals surface area contributed by atoms with Crippen LogP contribution in [0.3, 0.4) is 0 Å². The SMILES string of the molecule is CCC(C)(C(=O)N(C)OC)N(C)CCC(C)C. The molecule has 0 spiro atoms. The Kier molecular flexibility index (Phi) is 6.72. The highest BCUT2D eigenvalue weighted by atomic mass is 16.7. The molecule has 0 aromatic rings. The van der Waals surface area contributed by atoms with Gasteiger partial charge >= 0.3 is 0 Å². The minimum absolute atomic E-state index is 0.00811. The summed E-state index contributed by atoms with van der Waals surface area (Å²) in [6, 6.07) is 0. The van der Waals surface area contributed by atoms with E-state index in [1.54, 1.807) is 7.05 Å². The van der Waals surface area contributed by atoms with Crippen molar-refractivity contribution in [2.45, 2.75) is 46.1 Å². The van der Waals surface area contributed by atoms with Gasteiger partial charge < -0.3 is 0 Å². The second-order valence-electron chi connectivity index (χ2n) is 5.22. The molecule has 0 aromatic heterocycles. The van der Waals surface area contributed by atoms with E-state index in [0.717, 1.165) is 19.4 Å². The van der Waals surface area contributed by atoms with E-state index in [-0.39, 0.29) is 5.91 Å². The Morgan fingerprint density at radius 2 is 1.88 bits per heavy atom. The van der Waals surface area contributed by atoms with Crippen LogP contribution in [-0.2, 0) is 9.63 Å². The molecule has 1 amide bonds. The van der Waals surface area contributed by atoms with Gasteiger partial charge in [-0.15, -0.1) is 0 Å². The van der Waals surface area contributed by atoms with E-state index in [2.05, 4.69) is 18.7 Å². The maximum absolute atomic E-state index is 12.3. The molecule has 0 aliphatic rings. The number of hydrogen-bond donors (Lipinski definition) is 0. The van der Waals surface area contributed by atoms with Crippen LogP contribution in [0.25, 0.3) is 0 Å². The predicted molar refractivity (Wildman–Crippen MR) is 70.6 cm³/mol. The zero-order chi connectivity index (χ0) is 13.6. The van der Waals surface area contributed by atoms with Crippen LogP contribution in [-0.4, -0.2) is 49.2 Å². The second kappa shape index (κ2) is 6.97. The van der Waals surface area contributed by atoms with E-state index in [9.17, 15) is 4.79 Å². The van der Waals surface area contributed by atoms with Gasteiger partial charge in [-0.1, -0.05) is 20.8 Å². The third kappa shape index (κ3) is 4.28. The number of nitrogens with zero attached hydrogens (tertiary/aromatic N) is 2.